The Bertz CT molecular complexity index is 230. The minimum atomic E-state index is -0.983. The number of aliphatic hydroxyl groups excluding tert-OH is 1. The van der Waals surface area contributed by atoms with E-state index in [4.69, 9.17) is 6.42 Å². The van der Waals surface area contributed by atoms with Gasteiger partial charge in [0.05, 0.1) is 0 Å². The Balaban J connectivity index is 3.91. The molecule has 0 spiro atoms. The summed E-state index contributed by atoms with van der Waals surface area (Å²) in [6, 6.07) is 0. The molecular formula is C11H17NO2. The summed E-state index contributed by atoms with van der Waals surface area (Å²) in [5.74, 6) is 2.00. The molecule has 0 saturated carbocycles. The maximum Gasteiger partial charge on any atom is 0.249 e. The van der Waals surface area contributed by atoms with Crippen LogP contribution < -0.4 is 5.32 Å². The van der Waals surface area contributed by atoms with E-state index < -0.39 is 6.10 Å². The third kappa shape index (κ3) is 4.68. The predicted molar refractivity (Wildman–Crippen MR) is 56.4 cm³/mol. The highest BCUT2D eigenvalue weighted by Gasteiger charge is 2.20. The van der Waals surface area contributed by atoms with Gasteiger partial charge in [-0.05, 0) is 12.3 Å². The van der Waals surface area contributed by atoms with Crippen molar-refractivity contribution in [3.05, 3.63) is 12.7 Å². The molecule has 0 bridgehead atoms. The van der Waals surface area contributed by atoms with Gasteiger partial charge in [-0.3, -0.25) is 4.79 Å². The molecule has 0 aromatic carbocycles. The number of nitrogens with one attached hydrogen (secondary N) is 1. The van der Waals surface area contributed by atoms with Crippen LogP contribution in [0.4, 0.5) is 0 Å². The normalized spacial score (nSPS) is 13.8. The Hall–Kier alpha value is -1.27. The molecule has 3 heteroatoms. The third-order valence-electron chi connectivity index (χ3n) is 1.97. The van der Waals surface area contributed by atoms with Crippen molar-refractivity contribution in [3.8, 4) is 12.3 Å². The first-order valence-corrected chi connectivity index (χ1v) is 4.63. The molecule has 0 rings (SSSR count). The molecule has 0 heterocycles. The molecule has 0 unspecified atom stereocenters. The molecule has 3 nitrogen and oxygen atoms in total. The number of carbonyl (C=O) groups is 1. The van der Waals surface area contributed by atoms with Gasteiger partial charge in [-0.1, -0.05) is 13.0 Å². The molecule has 0 aliphatic carbocycles. The lowest BCUT2D eigenvalue weighted by Crippen LogP contribution is -2.38. The lowest BCUT2D eigenvalue weighted by atomic mass is 9.98. The van der Waals surface area contributed by atoms with Crippen molar-refractivity contribution in [2.45, 2.75) is 25.9 Å². The van der Waals surface area contributed by atoms with E-state index in [1.54, 1.807) is 13.0 Å². The van der Waals surface area contributed by atoms with Crippen molar-refractivity contribution in [1.29, 1.82) is 0 Å². The minimum absolute atomic E-state index is 0.115. The van der Waals surface area contributed by atoms with Crippen LogP contribution in [0.25, 0.3) is 0 Å². The average Bonchev–Trinajstić information content (AvgIpc) is 2.21. The molecular weight excluding hydrogens is 178 g/mol. The zero-order valence-corrected chi connectivity index (χ0v) is 8.49. The summed E-state index contributed by atoms with van der Waals surface area (Å²) in [6.07, 6.45) is 6.90. The molecule has 0 saturated heterocycles. The third-order valence-corrected chi connectivity index (χ3v) is 1.97. The summed E-state index contributed by atoms with van der Waals surface area (Å²) in [5.41, 5.74) is 0. The van der Waals surface area contributed by atoms with E-state index in [1.165, 1.54) is 0 Å². The maximum absolute atomic E-state index is 11.2. The van der Waals surface area contributed by atoms with Gasteiger partial charge >= 0.3 is 0 Å². The van der Waals surface area contributed by atoms with Crippen molar-refractivity contribution in [2.75, 3.05) is 6.54 Å². The highest BCUT2D eigenvalue weighted by Crippen LogP contribution is 2.10. The van der Waals surface area contributed by atoms with E-state index in [-0.39, 0.29) is 11.8 Å². The number of terminal acetylenes is 1. The van der Waals surface area contributed by atoms with Crippen molar-refractivity contribution in [3.63, 3.8) is 0 Å². The molecule has 0 aromatic heterocycles. The molecule has 0 fully saturated rings. The molecule has 78 valence electrons. The first-order valence-electron chi connectivity index (χ1n) is 4.63. The van der Waals surface area contributed by atoms with Gasteiger partial charge in [-0.2, -0.15) is 0 Å². The van der Waals surface area contributed by atoms with Gasteiger partial charge in [0, 0.05) is 13.0 Å². The summed E-state index contributed by atoms with van der Waals surface area (Å²) in [4.78, 5) is 11.2. The zero-order valence-electron chi connectivity index (χ0n) is 8.49. The Kier molecular flexibility index (Phi) is 6.51. The number of rotatable bonds is 6. The first kappa shape index (κ1) is 12.7. The minimum Gasteiger partial charge on any atom is -0.383 e. The molecule has 1 amide bonds. The van der Waals surface area contributed by atoms with E-state index in [2.05, 4.69) is 17.8 Å². The van der Waals surface area contributed by atoms with Crippen LogP contribution in [0.1, 0.15) is 19.8 Å². The second-order valence-electron chi connectivity index (χ2n) is 3.20. The molecule has 2 N–H and O–H groups in total. The predicted octanol–water partition coefficient (Wildman–Crippen LogP) is 0.699. The van der Waals surface area contributed by atoms with E-state index in [1.807, 2.05) is 0 Å². The molecule has 0 aliphatic heterocycles. The Morgan fingerprint density at radius 3 is 2.93 bits per heavy atom. The van der Waals surface area contributed by atoms with Crippen LogP contribution in [0.3, 0.4) is 0 Å². The highest BCUT2D eigenvalue weighted by molar-refractivity contribution is 5.80. The van der Waals surface area contributed by atoms with E-state index >= 15 is 0 Å². The van der Waals surface area contributed by atoms with Crippen molar-refractivity contribution < 1.29 is 9.90 Å². The molecule has 0 aliphatic rings. The van der Waals surface area contributed by atoms with Gasteiger partial charge in [-0.25, -0.2) is 0 Å². The molecule has 0 aromatic rings. The number of aliphatic hydroxyl groups is 1. The molecule has 2 atom stereocenters. The van der Waals surface area contributed by atoms with Crippen molar-refractivity contribution in [1.82, 2.24) is 5.32 Å². The van der Waals surface area contributed by atoms with E-state index in [0.29, 0.717) is 19.4 Å². The summed E-state index contributed by atoms with van der Waals surface area (Å²) < 4.78 is 0. The first-order chi connectivity index (χ1) is 6.63. The quantitative estimate of drug-likeness (QED) is 0.484. The van der Waals surface area contributed by atoms with Gasteiger partial charge in [0.15, 0.2) is 0 Å². The van der Waals surface area contributed by atoms with Crippen molar-refractivity contribution in [2.24, 2.45) is 5.92 Å². The van der Waals surface area contributed by atoms with Crippen LogP contribution >= 0.6 is 0 Å². The monoisotopic (exact) mass is 195 g/mol. The largest absolute Gasteiger partial charge is 0.383 e. The summed E-state index contributed by atoms with van der Waals surface area (Å²) in [7, 11) is 0. The Morgan fingerprint density at radius 2 is 2.43 bits per heavy atom. The molecule has 14 heavy (non-hydrogen) atoms. The lowest BCUT2D eigenvalue weighted by Gasteiger charge is -2.16. The highest BCUT2D eigenvalue weighted by atomic mass is 16.3. The van der Waals surface area contributed by atoms with Crippen LogP contribution in [0.15, 0.2) is 12.7 Å². The zero-order chi connectivity index (χ0) is 11.0. The summed E-state index contributed by atoms with van der Waals surface area (Å²) >= 11 is 0. The van der Waals surface area contributed by atoms with E-state index in [0.717, 1.165) is 0 Å². The van der Waals surface area contributed by atoms with Gasteiger partial charge in [0.1, 0.15) is 6.10 Å². The van der Waals surface area contributed by atoms with Crippen LogP contribution in [-0.4, -0.2) is 23.7 Å². The molecule has 0 radical (unpaired) electrons. The van der Waals surface area contributed by atoms with Gasteiger partial charge < -0.3 is 10.4 Å². The number of hydrogen-bond acceptors (Lipinski definition) is 2. The summed E-state index contributed by atoms with van der Waals surface area (Å²) in [5, 5.41) is 12.1. The topological polar surface area (TPSA) is 49.3 Å². The summed E-state index contributed by atoms with van der Waals surface area (Å²) in [6.45, 7) is 5.64. The van der Waals surface area contributed by atoms with Crippen LogP contribution in [0, 0.1) is 18.3 Å². The van der Waals surface area contributed by atoms with Crippen LogP contribution in [-0.2, 0) is 4.79 Å². The number of amides is 1. The van der Waals surface area contributed by atoms with E-state index in [9.17, 15) is 9.90 Å². The smallest absolute Gasteiger partial charge is 0.249 e. The maximum atomic E-state index is 11.2. The second kappa shape index (κ2) is 7.16. The fourth-order valence-corrected chi connectivity index (χ4v) is 1.00. The fourth-order valence-electron chi connectivity index (χ4n) is 1.00. The number of carbonyl (C=O) groups excluding carboxylic acids is 1. The lowest BCUT2D eigenvalue weighted by molar-refractivity contribution is -0.131. The fraction of sp³-hybridized carbons (Fsp3) is 0.545. The standard InChI is InChI=1S/C11H17NO2/c1-4-6-7-9(3)10(13)11(14)12-8-5-2/h1,5,9-10,13H,2,6-8H2,3H3,(H,12,14)/t9-,10-/m0/s1. The van der Waals surface area contributed by atoms with Gasteiger partial charge in [0.2, 0.25) is 5.91 Å². The van der Waals surface area contributed by atoms with Crippen LogP contribution in [0.5, 0.6) is 0 Å². The van der Waals surface area contributed by atoms with Gasteiger partial charge in [-0.15, -0.1) is 18.9 Å². The average molecular weight is 195 g/mol. The van der Waals surface area contributed by atoms with Crippen molar-refractivity contribution >= 4 is 5.91 Å². The SMILES string of the molecule is C#CCC[C@H](C)[C@H](O)C(=O)NCC=C. The van der Waals surface area contributed by atoms with Crippen LogP contribution in [0.2, 0.25) is 0 Å². The Labute approximate surface area is 85.2 Å². The number of hydrogen-bond donors (Lipinski definition) is 2. The Morgan fingerprint density at radius 1 is 1.79 bits per heavy atom. The second-order valence-corrected chi connectivity index (χ2v) is 3.20. The van der Waals surface area contributed by atoms with Gasteiger partial charge in [0.25, 0.3) is 0 Å².